The molecule has 0 aliphatic rings. The molecule has 0 aliphatic carbocycles. The average Bonchev–Trinajstić information content (AvgIpc) is 2.61. The molecule has 4 nitrogen and oxygen atoms in total. The monoisotopic (exact) mass is 304 g/mol. The van der Waals surface area contributed by atoms with Crippen LogP contribution in [0.2, 0.25) is 0 Å². The number of hydrogen-bond acceptors (Lipinski definition) is 3. The van der Waals surface area contributed by atoms with Gasteiger partial charge in [0.15, 0.2) is 6.29 Å². The smallest absolute Gasteiger partial charge is 0.253 e. The molecule has 23 heavy (non-hydrogen) atoms. The third-order valence-electron chi connectivity index (χ3n) is 3.80. The zero-order valence-corrected chi connectivity index (χ0v) is 12.7. The topological polar surface area (TPSA) is 59.1 Å². The van der Waals surface area contributed by atoms with Crippen molar-refractivity contribution in [1.29, 1.82) is 0 Å². The number of pyridine rings is 1. The quantitative estimate of drug-likeness (QED) is 0.750. The molecule has 1 N–H and O–H groups in total. The van der Waals surface area contributed by atoms with Gasteiger partial charge >= 0.3 is 0 Å². The van der Waals surface area contributed by atoms with Crippen LogP contribution in [0, 0.1) is 0 Å². The Balaban J connectivity index is 1.86. The summed E-state index contributed by atoms with van der Waals surface area (Å²) in [5.74, 6) is -0.248. The Morgan fingerprint density at radius 3 is 2.74 bits per heavy atom. The molecule has 3 aromatic rings. The Kier molecular flexibility index (Phi) is 4.15. The zero-order chi connectivity index (χ0) is 16.2. The van der Waals surface area contributed by atoms with E-state index in [2.05, 4.69) is 10.3 Å². The van der Waals surface area contributed by atoms with Crippen molar-refractivity contribution in [3.63, 3.8) is 0 Å². The van der Waals surface area contributed by atoms with Crippen LogP contribution >= 0.6 is 0 Å². The number of carbonyl (C=O) groups is 2. The fourth-order valence-corrected chi connectivity index (χ4v) is 2.63. The molecule has 1 amide bonds. The predicted octanol–water partition coefficient (Wildman–Crippen LogP) is 3.54. The van der Waals surface area contributed by atoms with Crippen LogP contribution in [0.3, 0.4) is 0 Å². The number of fused-ring (bicyclic) bond motifs is 1. The van der Waals surface area contributed by atoms with E-state index in [1.165, 1.54) is 18.5 Å². The van der Waals surface area contributed by atoms with Crippen LogP contribution in [0.1, 0.15) is 39.2 Å². The van der Waals surface area contributed by atoms with Gasteiger partial charge in [0, 0.05) is 18.0 Å². The Morgan fingerprint density at radius 1 is 1.13 bits per heavy atom. The van der Waals surface area contributed by atoms with Crippen molar-refractivity contribution in [2.45, 2.75) is 13.0 Å². The van der Waals surface area contributed by atoms with E-state index in [-0.39, 0.29) is 11.9 Å². The van der Waals surface area contributed by atoms with Crippen LogP contribution in [0.15, 0.2) is 60.9 Å². The zero-order valence-electron chi connectivity index (χ0n) is 12.7. The molecule has 114 valence electrons. The molecule has 0 fully saturated rings. The molecule has 0 bridgehead atoms. The third kappa shape index (κ3) is 3.11. The van der Waals surface area contributed by atoms with Gasteiger partial charge < -0.3 is 5.32 Å². The molecule has 0 saturated carbocycles. The number of hydrogen-bond donors (Lipinski definition) is 1. The van der Waals surface area contributed by atoms with Gasteiger partial charge in [-0.2, -0.15) is 0 Å². The highest BCUT2D eigenvalue weighted by atomic mass is 16.1. The molecule has 1 heterocycles. The molecule has 0 saturated heterocycles. The highest BCUT2D eigenvalue weighted by molar-refractivity contribution is 5.96. The van der Waals surface area contributed by atoms with Gasteiger partial charge in [0.1, 0.15) is 0 Å². The van der Waals surface area contributed by atoms with E-state index < -0.39 is 0 Å². The lowest BCUT2D eigenvalue weighted by Gasteiger charge is -2.16. The summed E-state index contributed by atoms with van der Waals surface area (Å²) in [4.78, 5) is 27.1. The van der Waals surface area contributed by atoms with Crippen molar-refractivity contribution in [2.24, 2.45) is 0 Å². The molecule has 0 spiro atoms. The van der Waals surface area contributed by atoms with E-state index in [4.69, 9.17) is 0 Å². The summed E-state index contributed by atoms with van der Waals surface area (Å²) in [6.45, 7) is 1.94. The SMILES string of the molecule is CC(NC(=O)c1cncc(C=O)c1)c1cccc2ccccc12. The van der Waals surface area contributed by atoms with Crippen LogP contribution in [-0.4, -0.2) is 17.2 Å². The lowest BCUT2D eigenvalue weighted by molar-refractivity contribution is 0.0939. The van der Waals surface area contributed by atoms with Gasteiger partial charge in [-0.1, -0.05) is 42.5 Å². The molecule has 0 aliphatic heterocycles. The Bertz CT molecular complexity index is 869. The fourth-order valence-electron chi connectivity index (χ4n) is 2.63. The van der Waals surface area contributed by atoms with Gasteiger partial charge in [-0.15, -0.1) is 0 Å². The van der Waals surface area contributed by atoms with Gasteiger partial charge in [0.05, 0.1) is 11.6 Å². The fraction of sp³-hybridized carbons (Fsp3) is 0.105. The van der Waals surface area contributed by atoms with Crippen LogP contribution in [-0.2, 0) is 0 Å². The Morgan fingerprint density at radius 2 is 1.91 bits per heavy atom. The van der Waals surface area contributed by atoms with E-state index in [9.17, 15) is 9.59 Å². The summed E-state index contributed by atoms with van der Waals surface area (Å²) in [7, 11) is 0. The van der Waals surface area contributed by atoms with Crippen molar-refractivity contribution >= 4 is 23.0 Å². The normalized spacial score (nSPS) is 11.9. The number of nitrogens with zero attached hydrogens (tertiary/aromatic N) is 1. The van der Waals surface area contributed by atoms with E-state index in [0.717, 1.165) is 16.3 Å². The summed E-state index contributed by atoms with van der Waals surface area (Å²) >= 11 is 0. The molecule has 1 aromatic heterocycles. The summed E-state index contributed by atoms with van der Waals surface area (Å²) in [6, 6.07) is 15.5. The van der Waals surface area contributed by atoms with Crippen molar-refractivity contribution in [3.05, 3.63) is 77.6 Å². The minimum atomic E-state index is -0.248. The molecule has 4 heteroatoms. The largest absolute Gasteiger partial charge is 0.345 e. The first kappa shape index (κ1) is 14.9. The molecule has 1 unspecified atom stereocenters. The lowest BCUT2D eigenvalue weighted by atomic mass is 9.99. The highest BCUT2D eigenvalue weighted by Gasteiger charge is 2.14. The minimum absolute atomic E-state index is 0.159. The summed E-state index contributed by atoms with van der Waals surface area (Å²) < 4.78 is 0. The van der Waals surface area contributed by atoms with Crippen molar-refractivity contribution in [3.8, 4) is 0 Å². The first-order valence-electron chi connectivity index (χ1n) is 7.38. The Labute approximate surface area is 134 Å². The van der Waals surface area contributed by atoms with Gasteiger partial charge in [-0.25, -0.2) is 0 Å². The van der Waals surface area contributed by atoms with Gasteiger partial charge in [-0.05, 0) is 29.3 Å². The second kappa shape index (κ2) is 6.40. The second-order valence-corrected chi connectivity index (χ2v) is 5.39. The van der Waals surface area contributed by atoms with Crippen molar-refractivity contribution in [1.82, 2.24) is 10.3 Å². The summed E-state index contributed by atoms with van der Waals surface area (Å²) in [5.41, 5.74) is 1.81. The maximum Gasteiger partial charge on any atom is 0.253 e. The maximum atomic E-state index is 12.4. The number of amides is 1. The van der Waals surface area contributed by atoms with E-state index in [1.54, 1.807) is 0 Å². The number of aromatic nitrogens is 1. The second-order valence-electron chi connectivity index (χ2n) is 5.39. The van der Waals surface area contributed by atoms with Gasteiger partial charge in [-0.3, -0.25) is 14.6 Å². The molecule has 1 atom stereocenters. The molecule has 2 aromatic carbocycles. The van der Waals surface area contributed by atoms with E-state index >= 15 is 0 Å². The minimum Gasteiger partial charge on any atom is -0.345 e. The maximum absolute atomic E-state index is 12.4. The summed E-state index contributed by atoms with van der Waals surface area (Å²) in [5, 5.41) is 5.21. The molecule has 0 radical (unpaired) electrons. The molecule has 3 rings (SSSR count). The van der Waals surface area contributed by atoms with Crippen molar-refractivity contribution < 1.29 is 9.59 Å². The van der Waals surface area contributed by atoms with E-state index in [1.807, 2.05) is 49.4 Å². The first-order chi connectivity index (χ1) is 11.2. The third-order valence-corrected chi connectivity index (χ3v) is 3.80. The first-order valence-corrected chi connectivity index (χ1v) is 7.38. The molecular weight excluding hydrogens is 288 g/mol. The van der Waals surface area contributed by atoms with Crippen LogP contribution < -0.4 is 5.32 Å². The highest BCUT2D eigenvalue weighted by Crippen LogP contribution is 2.24. The van der Waals surface area contributed by atoms with E-state index in [0.29, 0.717) is 17.4 Å². The van der Waals surface area contributed by atoms with Crippen LogP contribution in [0.4, 0.5) is 0 Å². The molecular formula is C19H16N2O2. The van der Waals surface area contributed by atoms with Gasteiger partial charge in [0.25, 0.3) is 5.91 Å². The standard InChI is InChI=1S/C19H16N2O2/c1-13(17-8-4-6-15-5-2-3-7-18(15)17)21-19(23)16-9-14(12-22)10-20-11-16/h2-13H,1H3,(H,21,23). The number of nitrogens with one attached hydrogen (secondary N) is 1. The lowest BCUT2D eigenvalue weighted by Crippen LogP contribution is -2.27. The Hall–Kier alpha value is -3.01. The predicted molar refractivity (Wildman–Crippen MR) is 89.5 cm³/mol. The van der Waals surface area contributed by atoms with Gasteiger partial charge in [0.2, 0.25) is 0 Å². The van der Waals surface area contributed by atoms with Crippen molar-refractivity contribution in [2.75, 3.05) is 0 Å². The summed E-state index contributed by atoms with van der Waals surface area (Å²) in [6.07, 6.45) is 3.56. The number of carbonyl (C=O) groups excluding carboxylic acids is 2. The number of benzene rings is 2. The van der Waals surface area contributed by atoms with Crippen LogP contribution in [0.25, 0.3) is 10.8 Å². The number of rotatable bonds is 4. The number of aldehydes is 1. The average molecular weight is 304 g/mol. The van der Waals surface area contributed by atoms with Crippen LogP contribution in [0.5, 0.6) is 0 Å².